The van der Waals surface area contributed by atoms with Crippen molar-refractivity contribution in [3.63, 3.8) is 0 Å². The number of hydrogen-bond donors (Lipinski definition) is 0. The molecule has 1 atom stereocenters. The van der Waals surface area contributed by atoms with Gasteiger partial charge in [0.2, 0.25) is 0 Å². The summed E-state index contributed by atoms with van der Waals surface area (Å²) < 4.78 is 40.2. The summed E-state index contributed by atoms with van der Waals surface area (Å²) in [7, 11) is -2.92. The zero-order chi connectivity index (χ0) is 26.3. The molecule has 1 aromatic carbocycles. The predicted molar refractivity (Wildman–Crippen MR) is 141 cm³/mol. The number of nitrogens with zero attached hydrogens (tertiary/aromatic N) is 3. The minimum atomic E-state index is -3.78. The summed E-state index contributed by atoms with van der Waals surface area (Å²) in [6.07, 6.45) is 1.88. The quantitative estimate of drug-likeness (QED) is 0.334. The summed E-state index contributed by atoms with van der Waals surface area (Å²) in [4.78, 5) is 25.8. The van der Waals surface area contributed by atoms with E-state index in [1.807, 2.05) is 30.3 Å². The molecule has 0 N–H and O–H groups in total. The van der Waals surface area contributed by atoms with E-state index >= 15 is 0 Å². The van der Waals surface area contributed by atoms with Gasteiger partial charge in [0.25, 0.3) is 15.7 Å². The molecule has 1 unspecified atom stereocenters. The lowest BCUT2D eigenvalue weighted by Crippen LogP contribution is -2.43. The van der Waals surface area contributed by atoms with Gasteiger partial charge in [-0.15, -0.1) is 0 Å². The molecule has 0 saturated heterocycles. The van der Waals surface area contributed by atoms with E-state index in [1.165, 1.54) is 11.6 Å². The van der Waals surface area contributed by atoms with E-state index in [-0.39, 0.29) is 18.2 Å². The molecule has 0 aliphatic rings. The van der Waals surface area contributed by atoms with Crippen LogP contribution in [0.25, 0.3) is 22.2 Å². The molecule has 2 aromatic heterocycles. The molecule has 9 nitrogen and oxygen atoms in total. The standard InChI is InChI=1S/C24H35N3O6SSi/c1-24(2,3)35(7,8)32-16-18(33-34(6,30)31)14-27-15-19-20(21(27)17-12-10-9-11-13-17)22(28)26(5)23(29)25(19)4/h9-13,15,18H,14,16H2,1-8H3. The van der Waals surface area contributed by atoms with E-state index < -0.39 is 35.8 Å². The van der Waals surface area contributed by atoms with Crippen LogP contribution in [0.5, 0.6) is 0 Å². The first-order chi connectivity index (χ1) is 16.0. The van der Waals surface area contributed by atoms with Gasteiger partial charge in [0.05, 0.1) is 36.0 Å². The Morgan fingerprint density at radius 3 is 2.17 bits per heavy atom. The Morgan fingerprint density at radius 2 is 1.63 bits per heavy atom. The van der Waals surface area contributed by atoms with Crippen LogP contribution in [0.1, 0.15) is 20.8 Å². The van der Waals surface area contributed by atoms with Crippen molar-refractivity contribution in [1.29, 1.82) is 0 Å². The van der Waals surface area contributed by atoms with Gasteiger partial charge in [-0.1, -0.05) is 51.1 Å². The minimum Gasteiger partial charge on any atom is -0.414 e. The second-order valence-electron chi connectivity index (χ2n) is 10.5. The highest BCUT2D eigenvalue weighted by atomic mass is 32.2. The molecule has 11 heteroatoms. The molecular formula is C24H35N3O6SSi. The Hall–Kier alpha value is -2.47. The molecule has 0 fully saturated rings. The van der Waals surface area contributed by atoms with Crippen LogP contribution in [0.2, 0.25) is 18.1 Å². The van der Waals surface area contributed by atoms with Crippen molar-refractivity contribution < 1.29 is 17.0 Å². The van der Waals surface area contributed by atoms with Gasteiger partial charge < -0.3 is 8.99 Å². The molecule has 0 spiro atoms. The SMILES string of the molecule is Cn1c(=O)c2c(-c3ccccc3)n(CC(CO[Si](C)(C)C(C)(C)C)OS(C)(=O)=O)cc2n(C)c1=O. The molecule has 0 saturated carbocycles. The maximum Gasteiger partial charge on any atom is 0.330 e. The van der Waals surface area contributed by atoms with Gasteiger partial charge in [-0.25, -0.2) is 4.79 Å². The molecule has 3 rings (SSSR count). The van der Waals surface area contributed by atoms with Crippen molar-refractivity contribution in [3.8, 4) is 11.3 Å². The van der Waals surface area contributed by atoms with Crippen LogP contribution in [0.3, 0.4) is 0 Å². The second kappa shape index (κ2) is 9.53. The number of fused-ring (bicyclic) bond motifs is 1. The fourth-order valence-electron chi connectivity index (χ4n) is 3.73. The van der Waals surface area contributed by atoms with E-state index in [0.29, 0.717) is 16.6 Å². The number of aromatic nitrogens is 3. The summed E-state index contributed by atoms with van der Waals surface area (Å²) in [6.45, 7) is 10.7. The average molecular weight is 522 g/mol. The smallest absolute Gasteiger partial charge is 0.330 e. The first-order valence-corrected chi connectivity index (χ1v) is 16.1. The van der Waals surface area contributed by atoms with Crippen LogP contribution in [-0.2, 0) is 39.4 Å². The molecule has 35 heavy (non-hydrogen) atoms. The van der Waals surface area contributed by atoms with Crippen LogP contribution in [0, 0.1) is 0 Å². The molecular weight excluding hydrogens is 486 g/mol. The second-order valence-corrected chi connectivity index (χ2v) is 16.9. The molecule has 0 aliphatic carbocycles. The fourth-order valence-corrected chi connectivity index (χ4v) is 5.38. The van der Waals surface area contributed by atoms with E-state index in [0.717, 1.165) is 16.4 Å². The van der Waals surface area contributed by atoms with Crippen LogP contribution < -0.4 is 11.2 Å². The largest absolute Gasteiger partial charge is 0.414 e. The van der Waals surface area contributed by atoms with Crippen molar-refractivity contribution in [2.24, 2.45) is 14.1 Å². The van der Waals surface area contributed by atoms with Crippen molar-refractivity contribution in [3.05, 3.63) is 57.4 Å². The van der Waals surface area contributed by atoms with Gasteiger partial charge in [0.15, 0.2) is 8.32 Å². The normalized spacial score (nSPS) is 13.9. The molecule has 3 aromatic rings. The van der Waals surface area contributed by atoms with Crippen molar-refractivity contribution in [1.82, 2.24) is 13.7 Å². The third-order valence-electron chi connectivity index (χ3n) is 6.71. The summed E-state index contributed by atoms with van der Waals surface area (Å²) in [5.74, 6) is 0. The number of benzene rings is 1. The molecule has 0 radical (unpaired) electrons. The average Bonchev–Trinajstić information content (AvgIpc) is 3.12. The number of hydrogen-bond acceptors (Lipinski definition) is 6. The molecule has 0 amide bonds. The predicted octanol–water partition coefficient (Wildman–Crippen LogP) is 3.07. The topological polar surface area (TPSA) is 102 Å². The van der Waals surface area contributed by atoms with E-state index in [2.05, 4.69) is 33.9 Å². The number of rotatable bonds is 8. The fraction of sp³-hybridized carbons (Fsp3) is 0.500. The van der Waals surface area contributed by atoms with Crippen LogP contribution in [0.4, 0.5) is 0 Å². The van der Waals surface area contributed by atoms with Gasteiger partial charge in [-0.3, -0.25) is 18.1 Å². The third kappa shape index (κ3) is 5.69. The maximum absolute atomic E-state index is 13.2. The van der Waals surface area contributed by atoms with Crippen LogP contribution in [0.15, 0.2) is 46.1 Å². The monoisotopic (exact) mass is 521 g/mol. The lowest BCUT2D eigenvalue weighted by Gasteiger charge is -2.37. The lowest BCUT2D eigenvalue weighted by atomic mass is 10.1. The summed E-state index contributed by atoms with van der Waals surface area (Å²) in [5.41, 5.74) is 0.955. The molecule has 192 valence electrons. The van der Waals surface area contributed by atoms with Crippen molar-refractivity contribution in [2.45, 2.75) is 51.6 Å². The zero-order valence-electron chi connectivity index (χ0n) is 21.7. The van der Waals surface area contributed by atoms with E-state index in [9.17, 15) is 18.0 Å². The molecule has 0 bridgehead atoms. The minimum absolute atomic E-state index is 0.0650. The molecule has 0 aliphatic heterocycles. The van der Waals surface area contributed by atoms with Crippen molar-refractivity contribution >= 4 is 29.3 Å². The zero-order valence-corrected chi connectivity index (χ0v) is 23.5. The first kappa shape index (κ1) is 27.1. The van der Waals surface area contributed by atoms with Gasteiger partial charge in [0.1, 0.15) is 6.10 Å². The van der Waals surface area contributed by atoms with Crippen molar-refractivity contribution in [2.75, 3.05) is 12.9 Å². The Kier molecular flexibility index (Phi) is 7.38. The first-order valence-electron chi connectivity index (χ1n) is 11.4. The Bertz CT molecular complexity index is 1450. The lowest BCUT2D eigenvalue weighted by molar-refractivity contribution is 0.113. The van der Waals surface area contributed by atoms with Gasteiger partial charge in [-0.05, 0) is 23.7 Å². The van der Waals surface area contributed by atoms with Crippen LogP contribution >= 0.6 is 0 Å². The van der Waals surface area contributed by atoms with E-state index in [4.69, 9.17) is 8.61 Å². The highest BCUT2D eigenvalue weighted by Gasteiger charge is 2.38. The Labute approximate surface area is 207 Å². The summed E-state index contributed by atoms with van der Waals surface area (Å²) >= 11 is 0. The third-order valence-corrected chi connectivity index (χ3v) is 11.8. The highest BCUT2D eigenvalue weighted by molar-refractivity contribution is 7.86. The van der Waals surface area contributed by atoms with Crippen LogP contribution in [-0.4, -0.2) is 49.4 Å². The Morgan fingerprint density at radius 1 is 1.03 bits per heavy atom. The molecule has 2 heterocycles. The van der Waals surface area contributed by atoms with E-state index in [1.54, 1.807) is 17.8 Å². The Balaban J connectivity index is 2.17. The maximum atomic E-state index is 13.2. The number of aryl methyl sites for hydroxylation is 1. The summed E-state index contributed by atoms with van der Waals surface area (Å²) in [6, 6.07) is 9.32. The summed E-state index contributed by atoms with van der Waals surface area (Å²) in [5, 5.41) is 0.314. The van der Waals surface area contributed by atoms with Gasteiger partial charge in [0, 0.05) is 20.3 Å². The van der Waals surface area contributed by atoms with Gasteiger partial charge in [-0.2, -0.15) is 8.42 Å². The van der Waals surface area contributed by atoms with Gasteiger partial charge >= 0.3 is 5.69 Å². The highest BCUT2D eigenvalue weighted by Crippen LogP contribution is 2.37.